The summed E-state index contributed by atoms with van der Waals surface area (Å²) in [5.41, 5.74) is 0.743. The number of benzene rings is 1. The van der Waals surface area contributed by atoms with Crippen LogP contribution in [0.1, 0.15) is 39.0 Å². The number of methoxy groups -OCH3 is 1. The number of thioether (sulfide) groups is 1. The molecule has 3 rings (SSSR count). The van der Waals surface area contributed by atoms with Gasteiger partial charge in [0.2, 0.25) is 5.91 Å². The quantitative estimate of drug-likeness (QED) is 0.711. The first-order valence-corrected chi connectivity index (χ1v) is 9.88. The van der Waals surface area contributed by atoms with Crippen LogP contribution in [0.15, 0.2) is 33.9 Å². The molecule has 1 heterocycles. The Bertz CT molecular complexity index is 743. The Morgan fingerprint density at radius 1 is 1.27 bits per heavy atom. The van der Waals surface area contributed by atoms with Gasteiger partial charge in [-0.1, -0.05) is 43.2 Å². The monoisotopic (exact) mass is 375 g/mol. The second-order valence-corrected chi connectivity index (χ2v) is 7.87. The van der Waals surface area contributed by atoms with Gasteiger partial charge < -0.3 is 14.1 Å². The van der Waals surface area contributed by atoms with E-state index in [1.807, 2.05) is 43.1 Å². The Labute approximate surface area is 158 Å². The zero-order valence-electron chi connectivity index (χ0n) is 15.5. The number of rotatable bonds is 6. The maximum atomic E-state index is 12.7. The van der Waals surface area contributed by atoms with Crippen molar-refractivity contribution in [2.75, 3.05) is 14.2 Å². The highest BCUT2D eigenvalue weighted by Gasteiger charge is 2.27. The van der Waals surface area contributed by atoms with Crippen molar-refractivity contribution in [3.8, 4) is 17.2 Å². The number of carbonyl (C=O) groups excluding carboxylic acids is 1. The summed E-state index contributed by atoms with van der Waals surface area (Å²) in [4.78, 5) is 14.6. The van der Waals surface area contributed by atoms with E-state index in [9.17, 15) is 4.79 Å². The molecule has 0 aliphatic heterocycles. The first-order valence-electron chi connectivity index (χ1n) is 9.00. The van der Waals surface area contributed by atoms with Crippen molar-refractivity contribution in [1.29, 1.82) is 0 Å². The molecule has 1 saturated carbocycles. The van der Waals surface area contributed by atoms with Gasteiger partial charge in [-0.2, -0.15) is 0 Å². The zero-order chi connectivity index (χ0) is 18.5. The third-order valence-electron chi connectivity index (χ3n) is 4.84. The van der Waals surface area contributed by atoms with Crippen molar-refractivity contribution in [2.24, 2.45) is 0 Å². The van der Waals surface area contributed by atoms with Gasteiger partial charge in [-0.15, -0.1) is 10.2 Å². The summed E-state index contributed by atoms with van der Waals surface area (Å²) in [6.45, 7) is 1.89. The molecule has 1 aliphatic rings. The maximum Gasteiger partial charge on any atom is 0.277 e. The summed E-state index contributed by atoms with van der Waals surface area (Å²) in [5, 5.41) is 8.30. The first kappa shape index (κ1) is 18.8. The minimum absolute atomic E-state index is 0.110. The number of aromatic nitrogens is 2. The van der Waals surface area contributed by atoms with Crippen LogP contribution in [0, 0.1) is 0 Å². The molecule has 1 aromatic heterocycles. The van der Waals surface area contributed by atoms with Crippen molar-refractivity contribution in [3.63, 3.8) is 0 Å². The Morgan fingerprint density at radius 2 is 2.00 bits per heavy atom. The molecule has 1 aromatic carbocycles. The van der Waals surface area contributed by atoms with Crippen LogP contribution in [0.25, 0.3) is 11.5 Å². The lowest BCUT2D eigenvalue weighted by molar-refractivity contribution is -0.131. The average Bonchev–Trinajstić information content (AvgIpc) is 3.15. The molecule has 26 heavy (non-hydrogen) atoms. The van der Waals surface area contributed by atoms with Crippen LogP contribution in [-0.4, -0.2) is 46.5 Å². The van der Waals surface area contributed by atoms with Crippen LogP contribution in [-0.2, 0) is 4.79 Å². The van der Waals surface area contributed by atoms with Crippen molar-refractivity contribution < 1.29 is 13.9 Å². The number of para-hydroxylation sites is 1. The third kappa shape index (κ3) is 4.20. The van der Waals surface area contributed by atoms with E-state index in [2.05, 4.69) is 10.2 Å². The van der Waals surface area contributed by atoms with E-state index in [1.165, 1.54) is 31.0 Å². The Morgan fingerprint density at radius 3 is 2.73 bits per heavy atom. The van der Waals surface area contributed by atoms with Crippen molar-refractivity contribution in [1.82, 2.24) is 15.1 Å². The fourth-order valence-electron chi connectivity index (χ4n) is 3.32. The van der Waals surface area contributed by atoms with E-state index in [4.69, 9.17) is 9.15 Å². The number of nitrogens with zero attached hydrogens (tertiary/aromatic N) is 3. The zero-order valence-corrected chi connectivity index (χ0v) is 16.3. The average molecular weight is 375 g/mol. The van der Waals surface area contributed by atoms with Crippen LogP contribution in [0.5, 0.6) is 5.75 Å². The number of amides is 1. The van der Waals surface area contributed by atoms with Gasteiger partial charge in [0, 0.05) is 13.1 Å². The standard InChI is InChI=1S/C19H25N3O3S/c1-13(18(23)22(2)14-9-5-4-6-10-14)26-19-21-20-17(25-19)15-11-7-8-12-16(15)24-3/h7-8,11-14H,4-6,9-10H2,1-3H3. The Hall–Kier alpha value is -2.02. The van der Waals surface area contributed by atoms with Gasteiger partial charge in [-0.3, -0.25) is 4.79 Å². The summed E-state index contributed by atoms with van der Waals surface area (Å²) >= 11 is 1.30. The highest BCUT2D eigenvalue weighted by atomic mass is 32.2. The molecule has 0 saturated heterocycles. The molecule has 1 aliphatic carbocycles. The Balaban J connectivity index is 1.65. The van der Waals surface area contributed by atoms with Crippen LogP contribution in [0.4, 0.5) is 0 Å². The molecule has 1 amide bonds. The normalized spacial score (nSPS) is 16.3. The second kappa shape index (κ2) is 8.58. The molecular weight excluding hydrogens is 350 g/mol. The fraction of sp³-hybridized carbons (Fsp3) is 0.526. The molecule has 6 nitrogen and oxygen atoms in total. The van der Waals surface area contributed by atoms with E-state index in [0.29, 0.717) is 22.9 Å². The van der Waals surface area contributed by atoms with Crippen LogP contribution >= 0.6 is 11.8 Å². The van der Waals surface area contributed by atoms with Gasteiger partial charge in [0.25, 0.3) is 11.1 Å². The molecule has 0 N–H and O–H groups in total. The summed E-state index contributed by atoms with van der Waals surface area (Å²) in [5.74, 6) is 1.18. The fourth-order valence-corrected chi connectivity index (χ4v) is 4.11. The molecular formula is C19H25N3O3S. The van der Waals surface area contributed by atoms with Crippen LogP contribution < -0.4 is 4.74 Å². The van der Waals surface area contributed by atoms with Gasteiger partial charge in [0.1, 0.15) is 5.75 Å². The highest BCUT2D eigenvalue weighted by Crippen LogP contribution is 2.32. The number of hydrogen-bond acceptors (Lipinski definition) is 6. The summed E-state index contributed by atoms with van der Waals surface area (Å²) in [6.07, 6.45) is 5.87. The van der Waals surface area contributed by atoms with Crippen LogP contribution in [0.3, 0.4) is 0 Å². The van der Waals surface area contributed by atoms with E-state index in [-0.39, 0.29) is 11.2 Å². The molecule has 2 aromatic rings. The minimum atomic E-state index is -0.270. The van der Waals surface area contributed by atoms with Gasteiger partial charge in [-0.05, 0) is 31.9 Å². The van der Waals surface area contributed by atoms with E-state index < -0.39 is 0 Å². The highest BCUT2D eigenvalue weighted by molar-refractivity contribution is 8.00. The molecule has 1 fully saturated rings. The summed E-state index contributed by atoms with van der Waals surface area (Å²) < 4.78 is 11.1. The molecule has 1 unspecified atom stereocenters. The maximum absolute atomic E-state index is 12.7. The lowest BCUT2D eigenvalue weighted by Gasteiger charge is -2.32. The van der Waals surface area contributed by atoms with Gasteiger partial charge in [0.05, 0.1) is 17.9 Å². The van der Waals surface area contributed by atoms with E-state index in [0.717, 1.165) is 18.4 Å². The Kier molecular flexibility index (Phi) is 6.19. The van der Waals surface area contributed by atoms with Crippen molar-refractivity contribution >= 4 is 17.7 Å². The SMILES string of the molecule is COc1ccccc1-c1nnc(SC(C)C(=O)N(C)C2CCCCC2)o1. The lowest BCUT2D eigenvalue weighted by Crippen LogP contribution is -2.42. The first-order chi connectivity index (χ1) is 12.6. The van der Waals surface area contributed by atoms with Crippen molar-refractivity contribution in [3.05, 3.63) is 24.3 Å². The molecule has 0 radical (unpaired) electrons. The third-order valence-corrected chi connectivity index (χ3v) is 5.76. The summed E-state index contributed by atoms with van der Waals surface area (Å²) in [7, 11) is 3.51. The molecule has 7 heteroatoms. The number of ether oxygens (including phenoxy) is 1. The number of carbonyl (C=O) groups is 1. The smallest absolute Gasteiger partial charge is 0.277 e. The van der Waals surface area contributed by atoms with Crippen molar-refractivity contribution in [2.45, 2.75) is 55.5 Å². The largest absolute Gasteiger partial charge is 0.496 e. The molecule has 1 atom stereocenters. The topological polar surface area (TPSA) is 68.5 Å². The summed E-state index contributed by atoms with van der Waals surface area (Å²) in [6, 6.07) is 7.84. The predicted molar refractivity (Wildman–Crippen MR) is 101 cm³/mol. The molecule has 140 valence electrons. The lowest BCUT2D eigenvalue weighted by atomic mass is 9.94. The predicted octanol–water partition coefficient (Wildman–Crippen LogP) is 4.02. The van der Waals surface area contributed by atoms with Gasteiger partial charge >= 0.3 is 0 Å². The minimum Gasteiger partial charge on any atom is -0.496 e. The molecule has 0 bridgehead atoms. The van der Waals surface area contributed by atoms with Gasteiger partial charge in [-0.25, -0.2) is 0 Å². The van der Waals surface area contributed by atoms with E-state index in [1.54, 1.807) is 7.11 Å². The number of hydrogen-bond donors (Lipinski definition) is 0. The van der Waals surface area contributed by atoms with E-state index >= 15 is 0 Å². The van der Waals surface area contributed by atoms with Crippen LogP contribution in [0.2, 0.25) is 0 Å². The molecule has 0 spiro atoms. The second-order valence-electron chi connectivity index (χ2n) is 6.57. The van der Waals surface area contributed by atoms with Gasteiger partial charge in [0.15, 0.2) is 0 Å².